The predicted octanol–water partition coefficient (Wildman–Crippen LogP) is 3.07. The van der Waals surface area contributed by atoms with Crippen molar-refractivity contribution in [2.45, 2.75) is 0 Å². The molecular formula is C17H14FN3O3. The molecule has 0 aliphatic rings. The lowest BCUT2D eigenvalue weighted by Crippen LogP contribution is -2.15. The number of rotatable bonds is 6. The number of ether oxygens (including phenoxy) is 2. The summed E-state index contributed by atoms with van der Waals surface area (Å²) in [5, 5.41) is 19.3. The van der Waals surface area contributed by atoms with Gasteiger partial charge in [0.1, 0.15) is 29.9 Å². The highest BCUT2D eigenvalue weighted by molar-refractivity contribution is 5.88. The first kappa shape index (κ1) is 17.0. The van der Waals surface area contributed by atoms with E-state index in [0.29, 0.717) is 17.0 Å². The Morgan fingerprint density at radius 1 is 1.38 bits per heavy atom. The van der Waals surface area contributed by atoms with Gasteiger partial charge in [0.2, 0.25) is 0 Å². The van der Waals surface area contributed by atoms with Crippen LogP contribution in [0.4, 0.5) is 10.1 Å². The lowest BCUT2D eigenvalue weighted by molar-refractivity contribution is -0.138. The summed E-state index contributed by atoms with van der Waals surface area (Å²) in [6.45, 7) is -0.0336. The lowest BCUT2D eigenvalue weighted by Gasteiger charge is -2.12. The highest BCUT2D eigenvalue weighted by atomic mass is 19.1. The minimum atomic E-state index is -0.526. The number of hydrogen-bond acceptors (Lipinski definition) is 6. The average Bonchev–Trinajstić information content (AvgIpc) is 2.61. The molecule has 2 N–H and O–H groups in total. The number of nitrogens with zero attached hydrogens (tertiary/aromatic N) is 1. The number of anilines is 1. The van der Waals surface area contributed by atoms with Crippen LogP contribution < -0.4 is 10.1 Å². The van der Waals surface area contributed by atoms with Crippen LogP contribution in [0.5, 0.6) is 11.5 Å². The molecule has 24 heavy (non-hydrogen) atoms. The fraction of sp³-hybridized carbons (Fsp3) is 0.118. The van der Waals surface area contributed by atoms with Crippen molar-refractivity contribution in [3.63, 3.8) is 0 Å². The van der Waals surface area contributed by atoms with Crippen LogP contribution in [0.2, 0.25) is 0 Å². The Labute approximate surface area is 137 Å². The molecule has 7 heteroatoms. The Balaban J connectivity index is 2.22. The molecule has 0 saturated carbocycles. The third-order valence-electron chi connectivity index (χ3n) is 3.12. The van der Waals surface area contributed by atoms with Crippen molar-refractivity contribution in [1.82, 2.24) is 0 Å². The van der Waals surface area contributed by atoms with Crippen LogP contribution in [0.3, 0.4) is 0 Å². The Hall–Kier alpha value is -3.40. The zero-order chi connectivity index (χ0) is 17.5. The maximum atomic E-state index is 13.1. The molecule has 122 valence electrons. The summed E-state index contributed by atoms with van der Waals surface area (Å²) in [5.74, 6) is -0.372. The fourth-order valence-corrected chi connectivity index (χ4v) is 1.93. The molecule has 0 aliphatic carbocycles. The smallest absolute Gasteiger partial charge is 0.325 e. The van der Waals surface area contributed by atoms with Crippen molar-refractivity contribution < 1.29 is 18.7 Å². The van der Waals surface area contributed by atoms with E-state index in [2.05, 4.69) is 10.1 Å². The van der Waals surface area contributed by atoms with Gasteiger partial charge in [-0.1, -0.05) is 0 Å². The van der Waals surface area contributed by atoms with Gasteiger partial charge in [-0.15, -0.1) is 0 Å². The molecule has 0 unspecified atom stereocenters. The summed E-state index contributed by atoms with van der Waals surface area (Å²) >= 11 is 0. The van der Waals surface area contributed by atoms with Gasteiger partial charge in [-0.3, -0.25) is 4.79 Å². The number of nitriles is 1. The first-order valence-electron chi connectivity index (χ1n) is 6.90. The van der Waals surface area contributed by atoms with Crippen LogP contribution in [-0.2, 0) is 9.53 Å². The van der Waals surface area contributed by atoms with E-state index in [4.69, 9.17) is 15.4 Å². The van der Waals surface area contributed by atoms with Crippen LogP contribution in [0, 0.1) is 22.6 Å². The van der Waals surface area contributed by atoms with Gasteiger partial charge >= 0.3 is 5.97 Å². The number of halogens is 1. The second-order valence-electron chi connectivity index (χ2n) is 4.68. The molecular weight excluding hydrogens is 313 g/mol. The highest BCUT2D eigenvalue weighted by Crippen LogP contribution is 2.28. The second-order valence-corrected chi connectivity index (χ2v) is 4.68. The molecule has 0 atom stereocenters. The molecule has 0 bridgehead atoms. The molecule has 0 heterocycles. The van der Waals surface area contributed by atoms with E-state index >= 15 is 0 Å². The van der Waals surface area contributed by atoms with Crippen molar-refractivity contribution in [1.29, 1.82) is 10.7 Å². The van der Waals surface area contributed by atoms with Gasteiger partial charge in [-0.05, 0) is 36.4 Å². The van der Waals surface area contributed by atoms with Gasteiger partial charge in [0.05, 0.1) is 12.7 Å². The summed E-state index contributed by atoms with van der Waals surface area (Å²) in [5.41, 5.74) is 1.11. The highest BCUT2D eigenvalue weighted by Gasteiger charge is 2.09. The van der Waals surface area contributed by atoms with Gasteiger partial charge in [0, 0.05) is 17.5 Å². The predicted molar refractivity (Wildman–Crippen MR) is 86.0 cm³/mol. The Kier molecular flexibility index (Phi) is 5.47. The lowest BCUT2D eigenvalue weighted by atomic mass is 10.1. The largest absolute Gasteiger partial charge is 0.468 e. The minimum absolute atomic E-state index is 0.0336. The van der Waals surface area contributed by atoms with Crippen LogP contribution in [-0.4, -0.2) is 25.8 Å². The minimum Gasteiger partial charge on any atom is -0.468 e. The maximum Gasteiger partial charge on any atom is 0.325 e. The van der Waals surface area contributed by atoms with Gasteiger partial charge in [0.15, 0.2) is 0 Å². The SMILES string of the molecule is COC(=O)CNc1ccc(Oc2ccc(F)cc2C#N)cc1C=N. The summed E-state index contributed by atoms with van der Waals surface area (Å²) in [7, 11) is 1.29. The van der Waals surface area contributed by atoms with Crippen LogP contribution >= 0.6 is 0 Å². The zero-order valence-corrected chi connectivity index (χ0v) is 12.8. The molecule has 0 aromatic heterocycles. The van der Waals surface area contributed by atoms with E-state index in [1.165, 1.54) is 19.2 Å². The summed E-state index contributed by atoms with van der Waals surface area (Å²) in [6.07, 6.45) is 1.10. The number of methoxy groups -OCH3 is 1. The molecule has 0 radical (unpaired) electrons. The topological polar surface area (TPSA) is 95.2 Å². The van der Waals surface area contributed by atoms with Crippen LogP contribution in [0.1, 0.15) is 11.1 Å². The Morgan fingerprint density at radius 2 is 2.17 bits per heavy atom. The van der Waals surface area contributed by atoms with Crippen molar-refractivity contribution in [3.8, 4) is 17.6 Å². The van der Waals surface area contributed by atoms with Crippen molar-refractivity contribution in [2.24, 2.45) is 0 Å². The molecule has 0 spiro atoms. The first-order valence-corrected chi connectivity index (χ1v) is 6.90. The van der Waals surface area contributed by atoms with E-state index in [0.717, 1.165) is 12.3 Å². The number of esters is 1. The maximum absolute atomic E-state index is 13.1. The average molecular weight is 327 g/mol. The van der Waals surface area contributed by atoms with Crippen LogP contribution in [0.25, 0.3) is 0 Å². The number of carbonyl (C=O) groups excluding carboxylic acids is 1. The second kappa shape index (κ2) is 7.74. The molecule has 0 aliphatic heterocycles. The monoisotopic (exact) mass is 327 g/mol. The molecule has 2 aromatic carbocycles. The van der Waals surface area contributed by atoms with E-state index in [-0.39, 0.29) is 17.9 Å². The normalized spacial score (nSPS) is 9.71. The van der Waals surface area contributed by atoms with E-state index in [9.17, 15) is 9.18 Å². The summed E-state index contributed by atoms with van der Waals surface area (Å²) < 4.78 is 23.3. The third-order valence-corrected chi connectivity index (χ3v) is 3.12. The van der Waals surface area contributed by atoms with Crippen molar-refractivity contribution in [2.75, 3.05) is 19.0 Å². The Bertz CT molecular complexity index is 815. The summed E-state index contributed by atoms with van der Waals surface area (Å²) in [4.78, 5) is 11.2. The molecule has 0 amide bonds. The quantitative estimate of drug-likeness (QED) is 0.628. The zero-order valence-electron chi connectivity index (χ0n) is 12.8. The standard InChI is InChI=1S/C17H14FN3O3/c1-23-17(22)10-21-15-4-3-14(7-11(15)8-19)24-16-5-2-13(18)6-12(16)9-20/h2-8,19,21H,10H2,1H3. The van der Waals surface area contributed by atoms with Crippen LogP contribution in [0.15, 0.2) is 36.4 Å². The van der Waals surface area contributed by atoms with Gasteiger partial charge in [0.25, 0.3) is 0 Å². The Morgan fingerprint density at radius 3 is 2.83 bits per heavy atom. The van der Waals surface area contributed by atoms with Crippen molar-refractivity contribution in [3.05, 3.63) is 53.3 Å². The molecule has 2 rings (SSSR count). The van der Waals surface area contributed by atoms with E-state index in [1.54, 1.807) is 18.2 Å². The molecule has 0 saturated heterocycles. The molecule has 2 aromatic rings. The first-order chi connectivity index (χ1) is 11.6. The number of carbonyl (C=O) groups is 1. The van der Waals surface area contributed by atoms with Gasteiger partial charge in [-0.25, -0.2) is 4.39 Å². The van der Waals surface area contributed by atoms with Gasteiger partial charge < -0.3 is 20.2 Å². The summed E-state index contributed by atoms with van der Waals surface area (Å²) in [6, 6.07) is 10.3. The van der Waals surface area contributed by atoms with Gasteiger partial charge in [-0.2, -0.15) is 5.26 Å². The van der Waals surface area contributed by atoms with E-state index < -0.39 is 11.8 Å². The third kappa shape index (κ3) is 4.08. The fourth-order valence-electron chi connectivity index (χ4n) is 1.93. The molecule has 6 nitrogen and oxygen atoms in total. The molecule has 0 fully saturated rings. The number of benzene rings is 2. The number of hydrogen-bond donors (Lipinski definition) is 2. The number of nitrogens with one attached hydrogen (secondary N) is 2. The van der Waals surface area contributed by atoms with E-state index in [1.807, 2.05) is 6.07 Å². The van der Waals surface area contributed by atoms with Crippen molar-refractivity contribution >= 4 is 17.9 Å².